The van der Waals surface area contributed by atoms with Crippen LogP contribution in [0, 0.1) is 5.92 Å². The highest BCUT2D eigenvalue weighted by molar-refractivity contribution is 7.99. The minimum absolute atomic E-state index is 0.190. The highest BCUT2D eigenvalue weighted by Gasteiger charge is 2.28. The summed E-state index contributed by atoms with van der Waals surface area (Å²) in [6.45, 7) is 5.82. The predicted octanol–water partition coefficient (Wildman–Crippen LogP) is 1.53. The van der Waals surface area contributed by atoms with Gasteiger partial charge in [0.05, 0.1) is 0 Å². The molecule has 0 saturated carbocycles. The molecule has 82 valence electrons. The standard InChI is InChI=1S/C10H19NO2S/c1-8(2)9(10(12)13)11-4-3-6-14-7-5-11/h8-9H,3-7H2,1-2H3,(H,12,13). The van der Waals surface area contributed by atoms with Gasteiger partial charge in [0.15, 0.2) is 0 Å². The van der Waals surface area contributed by atoms with Gasteiger partial charge in [-0.3, -0.25) is 9.69 Å². The first kappa shape index (κ1) is 11.9. The normalized spacial score (nSPS) is 21.9. The van der Waals surface area contributed by atoms with E-state index in [4.69, 9.17) is 5.11 Å². The molecule has 0 aromatic rings. The van der Waals surface area contributed by atoms with Gasteiger partial charge in [0.2, 0.25) is 0 Å². The Balaban J connectivity index is 2.60. The van der Waals surface area contributed by atoms with Crippen molar-refractivity contribution in [3.8, 4) is 0 Å². The number of hydrogen-bond donors (Lipinski definition) is 1. The van der Waals surface area contributed by atoms with E-state index in [2.05, 4.69) is 4.90 Å². The first-order valence-corrected chi connectivity index (χ1v) is 6.33. The molecule has 0 aliphatic carbocycles. The lowest BCUT2D eigenvalue weighted by atomic mass is 10.0. The van der Waals surface area contributed by atoms with Gasteiger partial charge in [0, 0.05) is 12.3 Å². The maximum Gasteiger partial charge on any atom is 0.321 e. The van der Waals surface area contributed by atoms with Crippen LogP contribution in [0.5, 0.6) is 0 Å². The molecule has 14 heavy (non-hydrogen) atoms. The number of hydrogen-bond acceptors (Lipinski definition) is 3. The molecule has 1 aliphatic rings. The molecule has 1 N–H and O–H groups in total. The van der Waals surface area contributed by atoms with Gasteiger partial charge in [-0.1, -0.05) is 13.8 Å². The van der Waals surface area contributed by atoms with E-state index >= 15 is 0 Å². The number of aliphatic carboxylic acids is 1. The van der Waals surface area contributed by atoms with Gasteiger partial charge in [0.25, 0.3) is 0 Å². The molecule has 1 aliphatic heterocycles. The van der Waals surface area contributed by atoms with Crippen LogP contribution in [0.25, 0.3) is 0 Å². The first-order valence-electron chi connectivity index (χ1n) is 5.17. The Bertz CT molecular complexity index is 189. The predicted molar refractivity (Wildman–Crippen MR) is 59.8 cm³/mol. The van der Waals surface area contributed by atoms with E-state index < -0.39 is 5.97 Å². The topological polar surface area (TPSA) is 40.5 Å². The number of rotatable bonds is 3. The van der Waals surface area contributed by atoms with Gasteiger partial charge in [0.1, 0.15) is 6.04 Å². The lowest BCUT2D eigenvalue weighted by Gasteiger charge is -2.29. The molecule has 4 heteroatoms. The Hall–Kier alpha value is -0.220. The van der Waals surface area contributed by atoms with Crippen molar-refractivity contribution in [2.75, 3.05) is 24.6 Å². The van der Waals surface area contributed by atoms with Crippen LogP contribution in [0.2, 0.25) is 0 Å². The third kappa shape index (κ3) is 3.17. The molecule has 0 bridgehead atoms. The molecule has 1 fully saturated rings. The fraction of sp³-hybridized carbons (Fsp3) is 0.900. The second-order valence-corrected chi connectivity index (χ2v) is 5.25. The van der Waals surface area contributed by atoms with Gasteiger partial charge in [-0.2, -0.15) is 11.8 Å². The third-order valence-electron chi connectivity index (χ3n) is 2.53. The Morgan fingerprint density at radius 1 is 1.36 bits per heavy atom. The minimum atomic E-state index is -0.674. The molecule has 0 amide bonds. The maximum atomic E-state index is 11.1. The Labute approximate surface area is 89.9 Å². The molecule has 1 atom stereocenters. The van der Waals surface area contributed by atoms with Crippen LogP contribution in [0.4, 0.5) is 0 Å². The number of thioether (sulfide) groups is 1. The van der Waals surface area contributed by atoms with Crippen molar-refractivity contribution < 1.29 is 9.90 Å². The molecule has 1 saturated heterocycles. The van der Waals surface area contributed by atoms with E-state index in [-0.39, 0.29) is 12.0 Å². The Morgan fingerprint density at radius 2 is 2.07 bits per heavy atom. The molecule has 0 aromatic heterocycles. The zero-order chi connectivity index (χ0) is 10.6. The van der Waals surface area contributed by atoms with Gasteiger partial charge in [-0.15, -0.1) is 0 Å². The fourth-order valence-electron chi connectivity index (χ4n) is 1.91. The van der Waals surface area contributed by atoms with Crippen LogP contribution in [0.1, 0.15) is 20.3 Å². The zero-order valence-corrected chi connectivity index (χ0v) is 9.72. The quantitative estimate of drug-likeness (QED) is 0.778. The molecule has 0 spiro atoms. The average molecular weight is 217 g/mol. The lowest BCUT2D eigenvalue weighted by molar-refractivity contribution is -0.145. The number of nitrogens with zero attached hydrogens (tertiary/aromatic N) is 1. The highest BCUT2D eigenvalue weighted by Crippen LogP contribution is 2.17. The molecule has 1 rings (SSSR count). The Morgan fingerprint density at radius 3 is 2.64 bits per heavy atom. The second-order valence-electron chi connectivity index (χ2n) is 4.03. The van der Waals surface area contributed by atoms with Crippen molar-refractivity contribution in [2.45, 2.75) is 26.3 Å². The van der Waals surface area contributed by atoms with Crippen molar-refractivity contribution in [2.24, 2.45) is 5.92 Å². The van der Waals surface area contributed by atoms with Gasteiger partial charge >= 0.3 is 5.97 Å². The molecular formula is C10H19NO2S. The van der Waals surface area contributed by atoms with E-state index in [0.29, 0.717) is 0 Å². The van der Waals surface area contributed by atoms with Gasteiger partial charge in [-0.05, 0) is 24.6 Å². The second kappa shape index (κ2) is 5.61. The summed E-state index contributed by atoms with van der Waals surface area (Å²) in [4.78, 5) is 13.2. The van der Waals surface area contributed by atoms with Crippen molar-refractivity contribution >= 4 is 17.7 Å². The summed E-state index contributed by atoms with van der Waals surface area (Å²) in [5, 5.41) is 9.14. The van der Waals surface area contributed by atoms with E-state index in [0.717, 1.165) is 25.3 Å². The van der Waals surface area contributed by atoms with Gasteiger partial charge < -0.3 is 5.11 Å². The fourth-order valence-corrected chi connectivity index (χ4v) is 2.81. The summed E-state index contributed by atoms with van der Waals surface area (Å²) >= 11 is 1.93. The van der Waals surface area contributed by atoms with Gasteiger partial charge in [-0.25, -0.2) is 0 Å². The number of carboxylic acid groups (broad SMARTS) is 1. The lowest BCUT2D eigenvalue weighted by Crippen LogP contribution is -2.45. The SMILES string of the molecule is CC(C)C(C(=O)O)N1CCCSCC1. The number of carboxylic acids is 1. The monoisotopic (exact) mass is 217 g/mol. The third-order valence-corrected chi connectivity index (χ3v) is 3.58. The summed E-state index contributed by atoms with van der Waals surface area (Å²) in [6.07, 6.45) is 1.11. The van der Waals surface area contributed by atoms with E-state index in [1.165, 1.54) is 5.75 Å². The molecule has 1 heterocycles. The minimum Gasteiger partial charge on any atom is -0.480 e. The smallest absolute Gasteiger partial charge is 0.321 e. The van der Waals surface area contributed by atoms with E-state index in [9.17, 15) is 4.79 Å². The summed E-state index contributed by atoms with van der Waals surface area (Å²) in [7, 11) is 0. The zero-order valence-electron chi connectivity index (χ0n) is 8.90. The first-order chi connectivity index (χ1) is 6.63. The molecule has 1 unspecified atom stereocenters. The highest BCUT2D eigenvalue weighted by atomic mass is 32.2. The molecule has 3 nitrogen and oxygen atoms in total. The van der Waals surface area contributed by atoms with Crippen molar-refractivity contribution in [1.29, 1.82) is 0 Å². The molecule has 0 aromatic carbocycles. The van der Waals surface area contributed by atoms with Crippen molar-refractivity contribution in [3.05, 3.63) is 0 Å². The molecular weight excluding hydrogens is 198 g/mol. The number of carbonyl (C=O) groups is 1. The Kier molecular flexibility index (Phi) is 4.75. The summed E-state index contributed by atoms with van der Waals surface area (Å²) in [5.41, 5.74) is 0. The largest absolute Gasteiger partial charge is 0.480 e. The summed E-state index contributed by atoms with van der Waals surface area (Å²) in [6, 6.07) is -0.298. The van der Waals surface area contributed by atoms with E-state index in [1.807, 2.05) is 25.6 Å². The van der Waals surface area contributed by atoms with Crippen molar-refractivity contribution in [1.82, 2.24) is 4.90 Å². The average Bonchev–Trinajstić information content (AvgIpc) is 2.31. The maximum absolute atomic E-state index is 11.1. The van der Waals surface area contributed by atoms with Crippen LogP contribution in [-0.2, 0) is 4.79 Å². The van der Waals surface area contributed by atoms with E-state index in [1.54, 1.807) is 0 Å². The van der Waals surface area contributed by atoms with Crippen LogP contribution in [0.3, 0.4) is 0 Å². The molecule has 0 radical (unpaired) electrons. The van der Waals surface area contributed by atoms with Crippen LogP contribution < -0.4 is 0 Å². The van der Waals surface area contributed by atoms with Crippen LogP contribution in [0.15, 0.2) is 0 Å². The van der Waals surface area contributed by atoms with Crippen molar-refractivity contribution in [3.63, 3.8) is 0 Å². The summed E-state index contributed by atoms with van der Waals surface area (Å²) in [5.74, 6) is 1.75. The van der Waals surface area contributed by atoms with Crippen LogP contribution >= 0.6 is 11.8 Å². The summed E-state index contributed by atoms with van der Waals surface area (Å²) < 4.78 is 0. The van der Waals surface area contributed by atoms with Crippen LogP contribution in [-0.4, -0.2) is 46.6 Å².